The molecule has 4 heteroatoms. The van der Waals surface area contributed by atoms with E-state index in [9.17, 15) is 9.59 Å². The van der Waals surface area contributed by atoms with E-state index in [-0.39, 0.29) is 11.5 Å². The van der Waals surface area contributed by atoms with E-state index >= 15 is 0 Å². The first-order valence-corrected chi connectivity index (χ1v) is 14.2. The second-order valence-electron chi connectivity index (χ2n) is 9.59. The fourth-order valence-electron chi connectivity index (χ4n) is 4.07. The van der Waals surface area contributed by atoms with Crippen molar-refractivity contribution in [3.8, 4) is 23.7 Å². The minimum Gasteiger partial charge on any atom is -0.478 e. The highest BCUT2D eigenvalue weighted by atomic mass is 16.4. The molecule has 198 valence electrons. The Hall–Kier alpha value is -2.72. The van der Waals surface area contributed by atoms with Gasteiger partial charge < -0.3 is 10.4 Å². The molecule has 0 aliphatic carbocycles. The quantitative estimate of drug-likeness (QED) is 0.141. The Morgan fingerprint density at radius 3 is 1.75 bits per heavy atom. The van der Waals surface area contributed by atoms with Gasteiger partial charge in [-0.2, -0.15) is 0 Å². The minimum absolute atomic E-state index is 0.0675. The summed E-state index contributed by atoms with van der Waals surface area (Å²) in [5.41, 5.74) is 0.707. The van der Waals surface area contributed by atoms with Gasteiger partial charge in [0.05, 0.1) is 5.56 Å². The van der Waals surface area contributed by atoms with Crippen molar-refractivity contribution < 1.29 is 14.7 Å². The number of benzene rings is 1. The third kappa shape index (κ3) is 18.6. The molecule has 1 aromatic carbocycles. The van der Waals surface area contributed by atoms with E-state index in [4.69, 9.17) is 5.11 Å². The highest BCUT2D eigenvalue weighted by molar-refractivity contribution is 5.93. The Labute approximate surface area is 220 Å². The van der Waals surface area contributed by atoms with Crippen LogP contribution in [0.1, 0.15) is 139 Å². The lowest BCUT2D eigenvalue weighted by Gasteiger charge is -2.06. The summed E-state index contributed by atoms with van der Waals surface area (Å²) in [4.78, 5) is 23.0. The maximum Gasteiger partial charge on any atom is 0.335 e. The van der Waals surface area contributed by atoms with E-state index in [1.165, 1.54) is 76.3 Å². The van der Waals surface area contributed by atoms with Crippen molar-refractivity contribution in [1.29, 1.82) is 0 Å². The van der Waals surface area contributed by atoms with Crippen LogP contribution in [0.2, 0.25) is 0 Å². The third-order valence-electron chi connectivity index (χ3n) is 6.24. The van der Waals surface area contributed by atoms with Crippen molar-refractivity contribution >= 4 is 17.6 Å². The summed E-state index contributed by atoms with van der Waals surface area (Å²) in [5, 5.41) is 11.8. The molecule has 2 N–H and O–H groups in total. The van der Waals surface area contributed by atoms with Crippen molar-refractivity contribution in [3.05, 3.63) is 29.8 Å². The average molecular weight is 494 g/mol. The van der Waals surface area contributed by atoms with Crippen LogP contribution in [-0.4, -0.2) is 17.0 Å². The molecule has 0 saturated heterocycles. The standard InChI is InChI=1S/C32H47NO3/c1-2-3-4-5-6-7-8-9-10-11-12-13-14-15-16-17-18-19-20-21-22-23-27-31(34)33-30-26-24-25-29(28-30)32(35)36/h24-26,28H,2-12,17-23,27H2,1H3,(H,33,34)(H,35,36). The molecule has 0 saturated carbocycles. The fourth-order valence-corrected chi connectivity index (χ4v) is 4.07. The molecule has 0 aliphatic heterocycles. The lowest BCUT2D eigenvalue weighted by atomic mass is 10.1. The molecule has 4 nitrogen and oxygen atoms in total. The van der Waals surface area contributed by atoms with Crippen molar-refractivity contribution in [2.45, 2.75) is 129 Å². The predicted molar refractivity (Wildman–Crippen MR) is 151 cm³/mol. The second-order valence-corrected chi connectivity index (χ2v) is 9.59. The molecular formula is C32H47NO3. The van der Waals surface area contributed by atoms with Crippen molar-refractivity contribution in [1.82, 2.24) is 0 Å². The van der Waals surface area contributed by atoms with Crippen LogP contribution >= 0.6 is 0 Å². The summed E-state index contributed by atoms with van der Waals surface area (Å²) in [6.45, 7) is 2.27. The van der Waals surface area contributed by atoms with E-state index in [1.54, 1.807) is 12.1 Å². The number of nitrogens with one attached hydrogen (secondary N) is 1. The summed E-state index contributed by atoms with van der Waals surface area (Å²) in [6.07, 6.45) is 22.3. The van der Waals surface area contributed by atoms with E-state index in [0.29, 0.717) is 12.1 Å². The number of carboxylic acids is 1. The number of hydrogen-bond acceptors (Lipinski definition) is 2. The summed E-state index contributed by atoms with van der Waals surface area (Å²) < 4.78 is 0. The zero-order valence-corrected chi connectivity index (χ0v) is 22.5. The van der Waals surface area contributed by atoms with E-state index < -0.39 is 5.97 Å². The molecule has 0 heterocycles. The van der Waals surface area contributed by atoms with Gasteiger partial charge in [0.15, 0.2) is 0 Å². The SMILES string of the molecule is CCCCCCCCCCCCC#CC#CCCCCCCCCC(=O)Nc1cccc(C(=O)O)c1. The number of carbonyl (C=O) groups is 2. The Morgan fingerprint density at radius 1 is 0.722 bits per heavy atom. The molecule has 0 bridgehead atoms. The number of carboxylic acid groups (broad SMARTS) is 1. The fraction of sp³-hybridized carbons (Fsp3) is 0.625. The number of carbonyl (C=O) groups excluding carboxylic acids is 1. The number of aromatic carboxylic acids is 1. The van der Waals surface area contributed by atoms with Gasteiger partial charge in [0.2, 0.25) is 5.91 Å². The molecule has 0 radical (unpaired) electrons. The number of rotatable bonds is 20. The van der Waals surface area contributed by atoms with Gasteiger partial charge in [0.1, 0.15) is 0 Å². The first-order chi connectivity index (χ1) is 17.6. The smallest absolute Gasteiger partial charge is 0.335 e. The van der Waals surface area contributed by atoms with Gasteiger partial charge in [-0.25, -0.2) is 4.79 Å². The molecule has 0 unspecified atom stereocenters. The number of hydrogen-bond donors (Lipinski definition) is 2. The second kappa shape index (κ2) is 22.7. The summed E-state index contributed by atoms with van der Waals surface area (Å²) >= 11 is 0. The van der Waals surface area contributed by atoms with Crippen LogP contribution in [-0.2, 0) is 4.79 Å². The highest BCUT2D eigenvalue weighted by Gasteiger charge is 2.06. The lowest BCUT2D eigenvalue weighted by Crippen LogP contribution is -2.11. The first kappa shape index (κ1) is 31.3. The molecule has 1 rings (SSSR count). The molecule has 0 aromatic heterocycles. The summed E-state index contributed by atoms with van der Waals surface area (Å²) in [7, 11) is 0. The summed E-state index contributed by atoms with van der Waals surface area (Å²) in [6, 6.07) is 6.33. The van der Waals surface area contributed by atoms with Crippen LogP contribution in [0.3, 0.4) is 0 Å². The monoisotopic (exact) mass is 493 g/mol. The molecule has 36 heavy (non-hydrogen) atoms. The predicted octanol–water partition coefficient (Wildman–Crippen LogP) is 8.76. The average Bonchev–Trinajstić information content (AvgIpc) is 2.87. The van der Waals surface area contributed by atoms with Gasteiger partial charge in [-0.3, -0.25) is 4.79 Å². The zero-order chi connectivity index (χ0) is 26.1. The van der Waals surface area contributed by atoms with Gasteiger partial charge in [0, 0.05) is 24.9 Å². The maximum atomic E-state index is 12.0. The van der Waals surface area contributed by atoms with Gasteiger partial charge in [0.25, 0.3) is 0 Å². The van der Waals surface area contributed by atoms with Crippen molar-refractivity contribution in [3.63, 3.8) is 0 Å². The topological polar surface area (TPSA) is 66.4 Å². The molecule has 1 aromatic rings. The van der Waals surface area contributed by atoms with Gasteiger partial charge in [-0.15, -0.1) is 0 Å². The van der Waals surface area contributed by atoms with Gasteiger partial charge in [-0.05, 0) is 49.3 Å². The Morgan fingerprint density at radius 2 is 1.22 bits per heavy atom. The molecule has 1 amide bonds. The Kier molecular flexibility index (Phi) is 19.8. The minimum atomic E-state index is -0.996. The summed E-state index contributed by atoms with van der Waals surface area (Å²) in [5.74, 6) is 11.3. The maximum absolute atomic E-state index is 12.0. The number of amides is 1. The lowest BCUT2D eigenvalue weighted by molar-refractivity contribution is -0.116. The number of anilines is 1. The van der Waals surface area contributed by atoms with Gasteiger partial charge >= 0.3 is 5.97 Å². The molecule has 0 spiro atoms. The van der Waals surface area contributed by atoms with Crippen molar-refractivity contribution in [2.24, 2.45) is 0 Å². The van der Waals surface area contributed by atoms with E-state index in [0.717, 1.165) is 51.4 Å². The van der Waals surface area contributed by atoms with Crippen LogP contribution in [0, 0.1) is 23.7 Å². The van der Waals surface area contributed by atoms with Crippen LogP contribution < -0.4 is 5.32 Å². The largest absolute Gasteiger partial charge is 0.478 e. The van der Waals surface area contributed by atoms with Crippen LogP contribution in [0.4, 0.5) is 5.69 Å². The van der Waals surface area contributed by atoms with Crippen LogP contribution in [0.25, 0.3) is 0 Å². The van der Waals surface area contributed by atoms with Crippen LogP contribution in [0.5, 0.6) is 0 Å². The van der Waals surface area contributed by atoms with E-state index in [1.807, 2.05) is 0 Å². The third-order valence-corrected chi connectivity index (χ3v) is 6.24. The molecule has 0 fully saturated rings. The normalized spacial score (nSPS) is 10.1. The van der Waals surface area contributed by atoms with Gasteiger partial charge in [-0.1, -0.05) is 108 Å². The molecule has 0 aliphatic rings. The zero-order valence-electron chi connectivity index (χ0n) is 22.5. The Bertz CT molecular complexity index is 853. The van der Waals surface area contributed by atoms with E-state index in [2.05, 4.69) is 35.9 Å². The molecular weight excluding hydrogens is 446 g/mol. The number of unbranched alkanes of at least 4 members (excludes halogenated alkanes) is 16. The first-order valence-electron chi connectivity index (χ1n) is 14.2. The highest BCUT2D eigenvalue weighted by Crippen LogP contribution is 2.13. The molecule has 0 atom stereocenters. The van der Waals surface area contributed by atoms with Crippen LogP contribution in [0.15, 0.2) is 24.3 Å². The van der Waals surface area contributed by atoms with Crippen molar-refractivity contribution in [2.75, 3.05) is 5.32 Å². The Balaban J connectivity index is 1.90.